The summed E-state index contributed by atoms with van der Waals surface area (Å²) in [5, 5.41) is 9.88. The summed E-state index contributed by atoms with van der Waals surface area (Å²) in [5.74, 6) is -0.314. The minimum Gasteiger partial charge on any atom is -0.355 e. The van der Waals surface area contributed by atoms with E-state index in [1.165, 1.54) is 13.0 Å². The molecule has 0 atom stereocenters. The number of nitrogens with one attached hydrogen (secondary N) is 2. The smallest absolute Gasteiger partial charge is 0.244 e. The quantitative estimate of drug-likeness (QED) is 0.627. The zero-order chi connectivity index (χ0) is 17.5. The van der Waals surface area contributed by atoms with E-state index in [-0.39, 0.29) is 11.8 Å². The molecule has 2 amide bonds. The number of para-hydroxylation sites is 1. The molecule has 24 heavy (non-hydrogen) atoms. The number of aryl methyl sites for hydroxylation is 1. The van der Waals surface area contributed by atoms with Crippen molar-refractivity contribution < 1.29 is 9.59 Å². The van der Waals surface area contributed by atoms with Crippen molar-refractivity contribution in [3.8, 4) is 5.69 Å². The lowest BCUT2D eigenvalue weighted by atomic mass is 10.2. The summed E-state index contributed by atoms with van der Waals surface area (Å²) in [6.07, 6.45) is 3.25. The molecule has 0 spiro atoms. The fraction of sp³-hybridized carbons (Fsp3) is 0.278. The highest BCUT2D eigenvalue weighted by Gasteiger charge is 2.10. The van der Waals surface area contributed by atoms with Crippen molar-refractivity contribution in [2.75, 3.05) is 13.1 Å². The van der Waals surface area contributed by atoms with Crippen LogP contribution in [0.1, 0.15) is 23.9 Å². The number of nitrogens with zero attached hydrogens (tertiary/aromatic N) is 2. The van der Waals surface area contributed by atoms with Crippen molar-refractivity contribution in [2.45, 2.75) is 20.8 Å². The van der Waals surface area contributed by atoms with Gasteiger partial charge < -0.3 is 10.6 Å². The molecule has 6 nitrogen and oxygen atoms in total. The molecule has 0 saturated heterocycles. The molecule has 1 aromatic heterocycles. The Labute approximate surface area is 141 Å². The lowest BCUT2D eigenvalue weighted by Crippen LogP contribution is -2.32. The molecular weight excluding hydrogens is 304 g/mol. The number of rotatable bonds is 6. The topological polar surface area (TPSA) is 76.0 Å². The Hall–Kier alpha value is -2.89. The van der Waals surface area contributed by atoms with E-state index in [9.17, 15) is 9.59 Å². The monoisotopic (exact) mass is 326 g/mol. The van der Waals surface area contributed by atoms with Gasteiger partial charge in [-0.3, -0.25) is 9.59 Å². The van der Waals surface area contributed by atoms with Gasteiger partial charge >= 0.3 is 0 Å². The minimum absolute atomic E-state index is 0.112. The molecule has 0 fully saturated rings. The summed E-state index contributed by atoms with van der Waals surface area (Å²) in [6, 6.07) is 9.86. The van der Waals surface area contributed by atoms with Crippen molar-refractivity contribution in [1.82, 2.24) is 20.4 Å². The second kappa shape index (κ2) is 8.10. The molecule has 126 valence electrons. The summed E-state index contributed by atoms with van der Waals surface area (Å²) in [5.41, 5.74) is 3.74. The van der Waals surface area contributed by atoms with Gasteiger partial charge in [-0.15, -0.1) is 0 Å². The van der Waals surface area contributed by atoms with E-state index in [4.69, 9.17) is 0 Å². The van der Waals surface area contributed by atoms with Gasteiger partial charge in [0.25, 0.3) is 0 Å². The number of hydrogen-bond acceptors (Lipinski definition) is 3. The second-order valence-corrected chi connectivity index (χ2v) is 5.44. The summed E-state index contributed by atoms with van der Waals surface area (Å²) in [7, 11) is 0. The van der Waals surface area contributed by atoms with Crippen LogP contribution in [0.3, 0.4) is 0 Å². The summed E-state index contributed by atoms with van der Waals surface area (Å²) in [6.45, 7) is 6.14. The van der Waals surface area contributed by atoms with Crippen molar-refractivity contribution >= 4 is 17.9 Å². The maximum absolute atomic E-state index is 11.8. The fourth-order valence-corrected chi connectivity index (χ4v) is 2.36. The first-order chi connectivity index (χ1) is 11.5. The average molecular weight is 326 g/mol. The zero-order valence-corrected chi connectivity index (χ0v) is 14.2. The molecule has 2 aromatic rings. The lowest BCUT2D eigenvalue weighted by Gasteiger charge is -2.04. The number of carbonyl (C=O) groups is 2. The standard InChI is InChI=1S/C18H22N4O2/c1-13-17(9-10-18(24)20-12-11-19-15(3)23)14(2)22(21-13)16-7-5-4-6-8-16/h4-10H,11-12H2,1-3H3,(H,19,23)(H,20,24)/b10-9+. The maximum atomic E-state index is 11.8. The zero-order valence-electron chi connectivity index (χ0n) is 14.2. The van der Waals surface area contributed by atoms with Crippen molar-refractivity contribution in [2.24, 2.45) is 0 Å². The molecule has 1 aromatic carbocycles. The van der Waals surface area contributed by atoms with Gasteiger partial charge in [0.2, 0.25) is 11.8 Å². The third-order valence-corrected chi connectivity index (χ3v) is 3.55. The SMILES string of the molecule is CC(=O)NCCNC(=O)/C=C/c1c(C)nn(-c2ccccc2)c1C. The Morgan fingerprint density at radius 2 is 1.79 bits per heavy atom. The summed E-state index contributed by atoms with van der Waals surface area (Å²) in [4.78, 5) is 22.6. The van der Waals surface area contributed by atoms with E-state index in [2.05, 4.69) is 15.7 Å². The van der Waals surface area contributed by atoms with Crippen LogP contribution in [0, 0.1) is 13.8 Å². The number of hydrogen-bond donors (Lipinski definition) is 2. The van der Waals surface area contributed by atoms with Crippen LogP contribution in [0.4, 0.5) is 0 Å². The molecular formula is C18H22N4O2. The number of carbonyl (C=O) groups excluding carboxylic acids is 2. The van der Waals surface area contributed by atoms with Crippen LogP contribution in [0.2, 0.25) is 0 Å². The van der Waals surface area contributed by atoms with E-state index in [0.29, 0.717) is 13.1 Å². The van der Waals surface area contributed by atoms with E-state index in [0.717, 1.165) is 22.6 Å². The minimum atomic E-state index is -0.202. The van der Waals surface area contributed by atoms with Crippen molar-refractivity contribution in [3.05, 3.63) is 53.4 Å². The molecule has 0 aliphatic carbocycles. The molecule has 2 N–H and O–H groups in total. The van der Waals surface area contributed by atoms with Gasteiger partial charge in [-0.1, -0.05) is 18.2 Å². The van der Waals surface area contributed by atoms with Crippen LogP contribution in [0.5, 0.6) is 0 Å². The first-order valence-electron chi connectivity index (χ1n) is 7.81. The highest BCUT2D eigenvalue weighted by Crippen LogP contribution is 2.18. The summed E-state index contributed by atoms with van der Waals surface area (Å²) < 4.78 is 1.86. The van der Waals surface area contributed by atoms with Crippen LogP contribution in [0.15, 0.2) is 36.4 Å². The first-order valence-corrected chi connectivity index (χ1v) is 7.81. The van der Waals surface area contributed by atoms with Crippen LogP contribution in [-0.4, -0.2) is 34.7 Å². The highest BCUT2D eigenvalue weighted by molar-refractivity contribution is 5.92. The normalized spacial score (nSPS) is 10.8. The predicted octanol–water partition coefficient (Wildman–Crippen LogP) is 1.75. The third kappa shape index (κ3) is 4.55. The van der Waals surface area contributed by atoms with Crippen molar-refractivity contribution in [3.63, 3.8) is 0 Å². The Balaban J connectivity index is 2.03. The van der Waals surface area contributed by atoms with Crippen molar-refractivity contribution in [1.29, 1.82) is 0 Å². The van der Waals surface area contributed by atoms with Gasteiger partial charge in [-0.05, 0) is 32.1 Å². The lowest BCUT2D eigenvalue weighted by molar-refractivity contribution is -0.119. The molecule has 0 radical (unpaired) electrons. The van der Waals surface area contributed by atoms with E-state index >= 15 is 0 Å². The van der Waals surface area contributed by atoms with E-state index < -0.39 is 0 Å². The highest BCUT2D eigenvalue weighted by atomic mass is 16.2. The molecule has 0 aliphatic rings. The Kier molecular flexibility index (Phi) is 5.89. The Bertz CT molecular complexity index is 748. The molecule has 0 unspecified atom stereocenters. The Morgan fingerprint density at radius 3 is 2.46 bits per heavy atom. The number of benzene rings is 1. The van der Waals surface area contributed by atoms with Gasteiger partial charge in [0.15, 0.2) is 0 Å². The molecule has 0 bridgehead atoms. The fourth-order valence-electron chi connectivity index (χ4n) is 2.36. The maximum Gasteiger partial charge on any atom is 0.244 e. The van der Waals surface area contributed by atoms with Crippen LogP contribution >= 0.6 is 0 Å². The van der Waals surface area contributed by atoms with Crippen LogP contribution in [-0.2, 0) is 9.59 Å². The van der Waals surface area contributed by atoms with Crippen LogP contribution < -0.4 is 10.6 Å². The summed E-state index contributed by atoms with van der Waals surface area (Å²) >= 11 is 0. The average Bonchev–Trinajstić information content (AvgIpc) is 2.85. The Morgan fingerprint density at radius 1 is 1.12 bits per heavy atom. The van der Waals surface area contributed by atoms with Gasteiger partial charge in [-0.25, -0.2) is 4.68 Å². The second-order valence-electron chi connectivity index (χ2n) is 5.44. The molecule has 1 heterocycles. The first kappa shape index (κ1) is 17.5. The molecule has 6 heteroatoms. The van der Waals surface area contributed by atoms with Gasteiger partial charge in [-0.2, -0.15) is 5.10 Å². The van der Waals surface area contributed by atoms with Crippen LogP contribution in [0.25, 0.3) is 11.8 Å². The predicted molar refractivity (Wildman–Crippen MR) is 93.8 cm³/mol. The van der Waals surface area contributed by atoms with E-state index in [1.807, 2.05) is 48.9 Å². The molecule has 0 saturated carbocycles. The number of aromatic nitrogens is 2. The number of amides is 2. The molecule has 2 rings (SSSR count). The third-order valence-electron chi connectivity index (χ3n) is 3.55. The van der Waals surface area contributed by atoms with E-state index in [1.54, 1.807) is 6.08 Å². The van der Waals surface area contributed by atoms with Gasteiger partial charge in [0.05, 0.1) is 11.4 Å². The van der Waals surface area contributed by atoms with Gasteiger partial charge in [0, 0.05) is 37.3 Å². The van der Waals surface area contributed by atoms with Gasteiger partial charge in [0.1, 0.15) is 0 Å². The molecule has 0 aliphatic heterocycles. The largest absolute Gasteiger partial charge is 0.355 e.